The van der Waals surface area contributed by atoms with E-state index in [9.17, 15) is 0 Å². The molecule has 0 aromatic carbocycles. The molecule has 0 atom stereocenters. The van der Waals surface area contributed by atoms with Crippen molar-refractivity contribution in [2.24, 2.45) is 0 Å². The maximum Gasteiger partial charge on any atom is 0.222 e. The van der Waals surface area contributed by atoms with Gasteiger partial charge in [0.1, 0.15) is 0 Å². The summed E-state index contributed by atoms with van der Waals surface area (Å²) in [4.78, 5) is 8.85. The van der Waals surface area contributed by atoms with E-state index in [0.717, 1.165) is 40.0 Å². The van der Waals surface area contributed by atoms with Crippen LogP contribution < -0.4 is 4.74 Å². The lowest BCUT2D eigenvalue weighted by molar-refractivity contribution is 0.450. The number of pyridine rings is 2. The van der Waals surface area contributed by atoms with Crippen LogP contribution in [0, 0.1) is 13.8 Å². The van der Waals surface area contributed by atoms with Crippen LogP contribution in [0.25, 0.3) is 0 Å². The molecule has 0 radical (unpaired) electrons. The Morgan fingerprint density at radius 2 is 2.05 bits per heavy atom. The molecule has 4 heteroatoms. The summed E-state index contributed by atoms with van der Waals surface area (Å²) < 4.78 is 5.90. The first-order valence-electron chi connectivity index (χ1n) is 6.30. The highest BCUT2D eigenvalue weighted by Gasteiger charge is 2.09. The van der Waals surface area contributed by atoms with Crippen molar-refractivity contribution in [2.75, 3.05) is 0 Å². The van der Waals surface area contributed by atoms with E-state index in [-0.39, 0.29) is 0 Å². The molecule has 0 saturated carbocycles. The SMILES string of the molecule is CCc1nc(C)ccc1Oc1ncc(CBr)cc1C. The number of aromatic nitrogens is 2. The van der Waals surface area contributed by atoms with Crippen LogP contribution in [0.3, 0.4) is 0 Å². The Hall–Kier alpha value is -1.42. The fourth-order valence-electron chi connectivity index (χ4n) is 1.85. The van der Waals surface area contributed by atoms with Crippen molar-refractivity contribution in [3.63, 3.8) is 0 Å². The summed E-state index contributed by atoms with van der Waals surface area (Å²) >= 11 is 3.42. The molecule has 0 aliphatic rings. The van der Waals surface area contributed by atoms with Gasteiger partial charge in [0.15, 0.2) is 5.75 Å². The Morgan fingerprint density at radius 3 is 2.68 bits per heavy atom. The Labute approximate surface area is 122 Å². The van der Waals surface area contributed by atoms with Gasteiger partial charge in [0.05, 0.1) is 5.69 Å². The molecular formula is C15H17BrN2O. The van der Waals surface area contributed by atoms with Crippen molar-refractivity contribution >= 4 is 15.9 Å². The highest BCUT2D eigenvalue weighted by atomic mass is 79.9. The lowest BCUT2D eigenvalue weighted by Gasteiger charge is -2.11. The van der Waals surface area contributed by atoms with E-state index in [4.69, 9.17) is 4.74 Å². The number of rotatable bonds is 4. The zero-order chi connectivity index (χ0) is 13.8. The minimum atomic E-state index is 0.644. The molecule has 0 spiro atoms. The third-order valence-corrected chi connectivity index (χ3v) is 3.50. The number of hydrogen-bond acceptors (Lipinski definition) is 3. The Balaban J connectivity index is 2.31. The van der Waals surface area contributed by atoms with Crippen LogP contribution in [0.15, 0.2) is 24.4 Å². The van der Waals surface area contributed by atoms with Gasteiger partial charge in [0.25, 0.3) is 0 Å². The minimum Gasteiger partial charge on any atom is -0.437 e. The van der Waals surface area contributed by atoms with Crippen molar-refractivity contribution in [1.82, 2.24) is 9.97 Å². The molecule has 0 aliphatic carbocycles. The topological polar surface area (TPSA) is 35.0 Å². The molecule has 2 aromatic rings. The Kier molecular flexibility index (Phi) is 4.53. The number of ether oxygens (including phenoxy) is 1. The van der Waals surface area contributed by atoms with E-state index in [0.29, 0.717) is 5.88 Å². The predicted octanol–water partition coefficient (Wildman–Crippen LogP) is 4.34. The molecule has 0 bridgehead atoms. The maximum absolute atomic E-state index is 5.90. The number of nitrogens with zero attached hydrogens (tertiary/aromatic N) is 2. The van der Waals surface area contributed by atoms with Crippen molar-refractivity contribution in [3.05, 3.63) is 46.9 Å². The molecule has 0 amide bonds. The quantitative estimate of drug-likeness (QED) is 0.786. The summed E-state index contributed by atoms with van der Waals surface area (Å²) in [5, 5.41) is 0.799. The second kappa shape index (κ2) is 6.15. The van der Waals surface area contributed by atoms with Crippen LogP contribution in [0.1, 0.15) is 29.4 Å². The van der Waals surface area contributed by atoms with Gasteiger partial charge in [-0.05, 0) is 44.0 Å². The molecule has 100 valence electrons. The van der Waals surface area contributed by atoms with Gasteiger partial charge < -0.3 is 4.74 Å². The zero-order valence-electron chi connectivity index (χ0n) is 11.4. The van der Waals surface area contributed by atoms with Crippen LogP contribution in [-0.2, 0) is 11.8 Å². The van der Waals surface area contributed by atoms with E-state index in [1.807, 2.05) is 32.2 Å². The molecule has 0 fully saturated rings. The van der Waals surface area contributed by atoms with E-state index in [1.54, 1.807) is 0 Å². The number of alkyl halides is 1. The van der Waals surface area contributed by atoms with Crippen molar-refractivity contribution < 1.29 is 4.74 Å². The highest BCUT2D eigenvalue weighted by Crippen LogP contribution is 2.26. The maximum atomic E-state index is 5.90. The van der Waals surface area contributed by atoms with Gasteiger partial charge in [0, 0.05) is 22.8 Å². The van der Waals surface area contributed by atoms with Crippen LogP contribution in [0.2, 0.25) is 0 Å². The fourth-order valence-corrected chi connectivity index (χ4v) is 2.16. The first-order valence-corrected chi connectivity index (χ1v) is 7.42. The number of hydrogen-bond donors (Lipinski definition) is 0. The molecule has 2 aromatic heterocycles. The van der Waals surface area contributed by atoms with Gasteiger partial charge in [-0.3, -0.25) is 4.98 Å². The van der Waals surface area contributed by atoms with Crippen LogP contribution in [0.4, 0.5) is 0 Å². The molecular weight excluding hydrogens is 304 g/mol. The molecule has 19 heavy (non-hydrogen) atoms. The fraction of sp³-hybridized carbons (Fsp3) is 0.333. The summed E-state index contributed by atoms with van der Waals surface area (Å²) in [5.41, 5.74) is 4.14. The normalized spacial score (nSPS) is 10.5. The Morgan fingerprint density at radius 1 is 1.26 bits per heavy atom. The zero-order valence-corrected chi connectivity index (χ0v) is 13.0. The van der Waals surface area contributed by atoms with Gasteiger partial charge in [-0.25, -0.2) is 4.98 Å². The van der Waals surface area contributed by atoms with E-state index >= 15 is 0 Å². The first kappa shape index (κ1) is 14.0. The summed E-state index contributed by atoms with van der Waals surface area (Å²) in [6, 6.07) is 5.99. The highest BCUT2D eigenvalue weighted by molar-refractivity contribution is 9.08. The summed E-state index contributed by atoms with van der Waals surface area (Å²) in [6.07, 6.45) is 2.67. The second-order valence-corrected chi connectivity index (χ2v) is 5.01. The molecule has 0 unspecified atom stereocenters. The van der Waals surface area contributed by atoms with Crippen LogP contribution in [-0.4, -0.2) is 9.97 Å². The van der Waals surface area contributed by atoms with Crippen molar-refractivity contribution in [2.45, 2.75) is 32.5 Å². The standard InChI is InChI=1S/C15H17BrN2O/c1-4-13-14(6-5-11(3)18-13)19-15-10(2)7-12(8-16)9-17-15/h5-7,9H,4,8H2,1-3H3. The summed E-state index contributed by atoms with van der Waals surface area (Å²) in [6.45, 7) is 6.06. The van der Waals surface area contributed by atoms with Gasteiger partial charge in [-0.2, -0.15) is 0 Å². The average molecular weight is 321 g/mol. The summed E-state index contributed by atoms with van der Waals surface area (Å²) in [7, 11) is 0. The largest absolute Gasteiger partial charge is 0.437 e. The molecule has 3 nitrogen and oxygen atoms in total. The average Bonchev–Trinajstić information content (AvgIpc) is 2.42. The predicted molar refractivity (Wildman–Crippen MR) is 80.0 cm³/mol. The molecule has 0 saturated heterocycles. The van der Waals surface area contributed by atoms with Crippen molar-refractivity contribution in [1.29, 1.82) is 0 Å². The molecule has 2 rings (SSSR count). The summed E-state index contributed by atoms with van der Waals surface area (Å²) in [5.74, 6) is 1.43. The van der Waals surface area contributed by atoms with Gasteiger partial charge in [-0.1, -0.05) is 22.9 Å². The van der Waals surface area contributed by atoms with Gasteiger partial charge in [0.2, 0.25) is 5.88 Å². The lowest BCUT2D eigenvalue weighted by Crippen LogP contribution is -1.98. The monoisotopic (exact) mass is 320 g/mol. The van der Waals surface area contributed by atoms with E-state index in [1.165, 1.54) is 0 Å². The van der Waals surface area contributed by atoms with Crippen molar-refractivity contribution in [3.8, 4) is 11.6 Å². The molecule has 2 heterocycles. The third-order valence-electron chi connectivity index (χ3n) is 2.85. The number of aryl methyl sites for hydroxylation is 3. The third kappa shape index (κ3) is 3.32. The smallest absolute Gasteiger partial charge is 0.222 e. The molecule has 0 N–H and O–H groups in total. The van der Waals surface area contributed by atoms with Crippen LogP contribution in [0.5, 0.6) is 11.6 Å². The van der Waals surface area contributed by atoms with E-state index in [2.05, 4.69) is 38.9 Å². The Bertz CT molecular complexity index is 584. The van der Waals surface area contributed by atoms with Crippen LogP contribution >= 0.6 is 15.9 Å². The number of halogens is 1. The van der Waals surface area contributed by atoms with Gasteiger partial charge >= 0.3 is 0 Å². The van der Waals surface area contributed by atoms with Gasteiger partial charge in [-0.15, -0.1) is 0 Å². The second-order valence-electron chi connectivity index (χ2n) is 4.45. The molecule has 0 aliphatic heterocycles. The first-order chi connectivity index (χ1) is 9.13. The van der Waals surface area contributed by atoms with E-state index < -0.39 is 0 Å². The lowest BCUT2D eigenvalue weighted by atomic mass is 10.2. The minimum absolute atomic E-state index is 0.644.